The van der Waals surface area contributed by atoms with Gasteiger partial charge in [-0.25, -0.2) is 0 Å². The Morgan fingerprint density at radius 3 is 2.95 bits per heavy atom. The van der Waals surface area contributed by atoms with Crippen LogP contribution < -0.4 is 5.32 Å². The van der Waals surface area contributed by atoms with E-state index in [9.17, 15) is 4.79 Å². The summed E-state index contributed by atoms with van der Waals surface area (Å²) in [4.78, 5) is 12.5. The van der Waals surface area contributed by atoms with Crippen LogP contribution in [-0.4, -0.2) is 16.8 Å². The Balaban J connectivity index is 2.19. The molecule has 1 aromatic rings. The summed E-state index contributed by atoms with van der Waals surface area (Å²) in [6.07, 6.45) is 4.45. The highest BCUT2D eigenvalue weighted by atomic mass is 79.9. The summed E-state index contributed by atoms with van der Waals surface area (Å²) in [6, 6.07) is 5.58. The minimum atomic E-state index is -0.137. The van der Waals surface area contributed by atoms with Crippen LogP contribution >= 0.6 is 27.5 Å². The molecule has 110 valence electrons. The largest absolute Gasteiger partial charge is 0.346 e. The lowest BCUT2D eigenvalue weighted by Gasteiger charge is -2.39. The van der Waals surface area contributed by atoms with Gasteiger partial charge in [-0.05, 0) is 37.3 Å². The van der Waals surface area contributed by atoms with Crippen molar-refractivity contribution in [3.8, 4) is 0 Å². The molecule has 0 radical (unpaired) electrons. The molecule has 1 aromatic carbocycles. The van der Waals surface area contributed by atoms with E-state index in [1.807, 2.05) is 19.1 Å². The Kier molecular flexibility index (Phi) is 5.14. The third-order valence-corrected chi connectivity index (χ3v) is 5.74. The summed E-state index contributed by atoms with van der Waals surface area (Å²) in [5, 5.41) is 4.57. The molecule has 2 rings (SSSR count). The molecule has 0 spiro atoms. The molecule has 0 aliphatic heterocycles. The second-order valence-electron chi connectivity index (χ2n) is 6.01. The van der Waals surface area contributed by atoms with E-state index in [-0.39, 0.29) is 11.4 Å². The first kappa shape index (κ1) is 15.8. The fraction of sp³-hybridized carbons (Fsp3) is 0.562. The van der Waals surface area contributed by atoms with Crippen molar-refractivity contribution in [2.45, 2.75) is 45.1 Å². The van der Waals surface area contributed by atoms with E-state index in [1.165, 1.54) is 6.42 Å². The van der Waals surface area contributed by atoms with Gasteiger partial charge in [0.1, 0.15) is 0 Å². The zero-order valence-electron chi connectivity index (χ0n) is 12.0. The van der Waals surface area contributed by atoms with Crippen molar-refractivity contribution in [1.82, 2.24) is 5.32 Å². The average molecular weight is 359 g/mol. The minimum absolute atomic E-state index is 0.0627. The number of aryl methyl sites for hydroxylation is 1. The van der Waals surface area contributed by atoms with Crippen molar-refractivity contribution < 1.29 is 4.79 Å². The fourth-order valence-electron chi connectivity index (χ4n) is 3.06. The Morgan fingerprint density at radius 2 is 2.30 bits per heavy atom. The zero-order chi connectivity index (χ0) is 14.8. The van der Waals surface area contributed by atoms with Crippen LogP contribution in [0.25, 0.3) is 0 Å². The molecule has 1 N–H and O–H groups in total. The molecule has 4 heteroatoms. The average Bonchev–Trinajstić information content (AvgIpc) is 2.41. The maximum absolute atomic E-state index is 12.5. The van der Waals surface area contributed by atoms with Crippen LogP contribution in [0.2, 0.25) is 5.02 Å². The highest BCUT2D eigenvalue weighted by Crippen LogP contribution is 2.34. The van der Waals surface area contributed by atoms with Crippen LogP contribution in [0.1, 0.15) is 48.5 Å². The van der Waals surface area contributed by atoms with E-state index in [0.717, 1.165) is 30.2 Å². The van der Waals surface area contributed by atoms with E-state index in [2.05, 4.69) is 28.2 Å². The summed E-state index contributed by atoms with van der Waals surface area (Å²) < 4.78 is 0. The number of carbonyl (C=O) groups excluding carboxylic acids is 1. The molecule has 1 aliphatic rings. The first-order valence-electron chi connectivity index (χ1n) is 7.11. The number of carbonyl (C=O) groups is 1. The van der Waals surface area contributed by atoms with Crippen molar-refractivity contribution in [1.29, 1.82) is 0 Å². The SMILES string of the molecule is Cc1cccc(C(=O)NC2(CBr)CCCC(C)C2)c1Cl. The Hall–Kier alpha value is -0.540. The van der Waals surface area contributed by atoms with Crippen molar-refractivity contribution in [3.05, 3.63) is 34.3 Å². The smallest absolute Gasteiger partial charge is 0.253 e. The number of hydrogen-bond acceptors (Lipinski definition) is 1. The summed E-state index contributed by atoms with van der Waals surface area (Å²) >= 11 is 9.83. The normalized spacial score (nSPS) is 26.3. The maximum atomic E-state index is 12.5. The second kappa shape index (κ2) is 6.48. The lowest BCUT2D eigenvalue weighted by molar-refractivity contribution is 0.0869. The van der Waals surface area contributed by atoms with Crippen molar-refractivity contribution in [2.75, 3.05) is 5.33 Å². The van der Waals surface area contributed by atoms with Gasteiger partial charge in [-0.15, -0.1) is 0 Å². The van der Waals surface area contributed by atoms with E-state index in [0.29, 0.717) is 16.5 Å². The fourth-order valence-corrected chi connectivity index (χ4v) is 3.92. The molecule has 1 saturated carbocycles. The summed E-state index contributed by atoms with van der Waals surface area (Å²) in [5.74, 6) is 0.585. The monoisotopic (exact) mass is 357 g/mol. The summed E-state index contributed by atoms with van der Waals surface area (Å²) in [5.41, 5.74) is 1.37. The van der Waals surface area contributed by atoms with Crippen LogP contribution in [0.15, 0.2) is 18.2 Å². The van der Waals surface area contributed by atoms with Gasteiger partial charge in [0.15, 0.2) is 0 Å². The minimum Gasteiger partial charge on any atom is -0.346 e. The lowest BCUT2D eigenvalue weighted by Crippen LogP contribution is -2.52. The van der Waals surface area contributed by atoms with E-state index >= 15 is 0 Å². The number of hydrogen-bond donors (Lipinski definition) is 1. The van der Waals surface area contributed by atoms with Crippen molar-refractivity contribution in [2.24, 2.45) is 5.92 Å². The van der Waals surface area contributed by atoms with Crippen LogP contribution in [0.5, 0.6) is 0 Å². The highest BCUT2D eigenvalue weighted by Gasteiger charge is 2.35. The van der Waals surface area contributed by atoms with Gasteiger partial charge >= 0.3 is 0 Å². The Labute approximate surface area is 134 Å². The quantitative estimate of drug-likeness (QED) is 0.778. The summed E-state index contributed by atoms with van der Waals surface area (Å²) in [6.45, 7) is 4.17. The number of rotatable bonds is 3. The Morgan fingerprint density at radius 1 is 1.55 bits per heavy atom. The van der Waals surface area contributed by atoms with Crippen LogP contribution in [-0.2, 0) is 0 Å². The third-order valence-electron chi connectivity index (χ3n) is 4.16. The molecule has 0 bridgehead atoms. The molecule has 0 aromatic heterocycles. The van der Waals surface area contributed by atoms with E-state index in [1.54, 1.807) is 6.07 Å². The molecule has 1 aliphatic carbocycles. The predicted molar refractivity (Wildman–Crippen MR) is 87.8 cm³/mol. The van der Waals surface area contributed by atoms with Gasteiger partial charge in [0, 0.05) is 5.33 Å². The summed E-state index contributed by atoms with van der Waals surface area (Å²) in [7, 11) is 0. The van der Waals surface area contributed by atoms with E-state index in [4.69, 9.17) is 11.6 Å². The molecule has 0 heterocycles. The van der Waals surface area contributed by atoms with Gasteiger partial charge < -0.3 is 5.32 Å². The number of benzene rings is 1. The molecular weight excluding hydrogens is 338 g/mol. The number of amides is 1. The van der Waals surface area contributed by atoms with Gasteiger partial charge in [-0.2, -0.15) is 0 Å². The molecule has 2 atom stereocenters. The van der Waals surface area contributed by atoms with Crippen molar-refractivity contribution in [3.63, 3.8) is 0 Å². The van der Waals surface area contributed by atoms with Gasteiger partial charge in [-0.1, -0.05) is 59.4 Å². The molecule has 2 unspecified atom stereocenters. The number of alkyl halides is 1. The number of nitrogens with one attached hydrogen (secondary N) is 1. The van der Waals surface area contributed by atoms with E-state index < -0.39 is 0 Å². The second-order valence-corrected chi connectivity index (χ2v) is 6.94. The zero-order valence-corrected chi connectivity index (χ0v) is 14.4. The van der Waals surface area contributed by atoms with Gasteiger partial charge in [0.2, 0.25) is 0 Å². The molecular formula is C16H21BrClNO. The molecule has 1 fully saturated rings. The molecule has 20 heavy (non-hydrogen) atoms. The topological polar surface area (TPSA) is 29.1 Å². The third kappa shape index (κ3) is 3.37. The standard InChI is InChI=1S/C16H21BrClNO/c1-11-5-4-8-16(9-11,10-17)19-15(20)13-7-3-6-12(2)14(13)18/h3,6-7,11H,4-5,8-10H2,1-2H3,(H,19,20). The van der Waals surface area contributed by atoms with Gasteiger partial charge in [0.05, 0.1) is 16.1 Å². The van der Waals surface area contributed by atoms with Crippen LogP contribution in [0, 0.1) is 12.8 Å². The lowest BCUT2D eigenvalue weighted by atomic mass is 9.77. The first-order chi connectivity index (χ1) is 9.47. The van der Waals surface area contributed by atoms with Crippen LogP contribution in [0.3, 0.4) is 0 Å². The Bertz CT molecular complexity index is 505. The molecule has 1 amide bonds. The highest BCUT2D eigenvalue weighted by molar-refractivity contribution is 9.09. The maximum Gasteiger partial charge on any atom is 0.253 e. The van der Waals surface area contributed by atoms with Gasteiger partial charge in [-0.3, -0.25) is 4.79 Å². The molecule has 2 nitrogen and oxygen atoms in total. The van der Waals surface area contributed by atoms with Crippen molar-refractivity contribution >= 4 is 33.4 Å². The van der Waals surface area contributed by atoms with Crippen LogP contribution in [0.4, 0.5) is 0 Å². The predicted octanol–water partition coefficient (Wildman–Crippen LogP) is 4.72. The number of halogens is 2. The van der Waals surface area contributed by atoms with Gasteiger partial charge in [0.25, 0.3) is 5.91 Å². The first-order valence-corrected chi connectivity index (χ1v) is 8.61. The molecule has 0 saturated heterocycles.